The number of carbonyl (C=O) groups excluding carboxylic acids is 8. The van der Waals surface area contributed by atoms with E-state index in [0.29, 0.717) is 35.1 Å². The number of nitrogens with two attached hydrogens (primary N) is 3. The lowest BCUT2D eigenvalue weighted by Crippen LogP contribution is -2.65. The molecular formula is C63H79FN12O8S2. The van der Waals surface area contributed by atoms with Gasteiger partial charge in [0.05, 0.1) is 6.04 Å². The Morgan fingerprint density at radius 2 is 1.41 bits per heavy atom. The number of aromatic nitrogens is 2. The molecule has 458 valence electrons. The molecule has 8 atom stereocenters. The van der Waals surface area contributed by atoms with Gasteiger partial charge in [-0.25, -0.2) is 4.39 Å². The molecule has 0 bridgehead atoms. The number of aromatic amines is 1. The molecule has 0 radical (unpaired) electrons. The van der Waals surface area contributed by atoms with E-state index in [1.807, 2.05) is 80.6 Å². The zero-order valence-corrected chi connectivity index (χ0v) is 50.7. The van der Waals surface area contributed by atoms with Gasteiger partial charge in [-0.2, -0.15) is 0 Å². The molecule has 1 aliphatic heterocycles. The number of pyridine rings is 1. The van der Waals surface area contributed by atoms with Crippen molar-refractivity contribution in [3.05, 3.63) is 150 Å². The fraction of sp³-hybridized carbons (Fsp3) is 0.413. The van der Waals surface area contributed by atoms with Crippen LogP contribution in [-0.4, -0.2) is 134 Å². The average Bonchev–Trinajstić information content (AvgIpc) is 1.47. The third-order valence-corrected chi connectivity index (χ3v) is 17.2. The first kappa shape index (κ1) is 65.7. The molecule has 1 aliphatic rings. The van der Waals surface area contributed by atoms with Gasteiger partial charge in [0.15, 0.2) is 0 Å². The number of amides is 8. The van der Waals surface area contributed by atoms with Crippen molar-refractivity contribution in [3.8, 4) is 0 Å². The first-order valence-corrected chi connectivity index (χ1v) is 31.4. The van der Waals surface area contributed by atoms with Crippen molar-refractivity contribution in [3.63, 3.8) is 0 Å². The van der Waals surface area contributed by atoms with E-state index in [0.717, 1.165) is 43.3 Å². The largest absolute Gasteiger partial charge is 0.368 e. The quantitative estimate of drug-likeness (QED) is 0.0398. The van der Waals surface area contributed by atoms with Gasteiger partial charge in [0.1, 0.15) is 48.1 Å². The van der Waals surface area contributed by atoms with Gasteiger partial charge in [-0.1, -0.05) is 114 Å². The predicted octanol–water partition coefficient (Wildman–Crippen LogP) is 4.41. The molecule has 2 aromatic heterocycles. The lowest BCUT2D eigenvalue weighted by Gasteiger charge is -2.44. The maximum absolute atomic E-state index is 15.6. The number of para-hydroxylation sites is 1. The highest BCUT2D eigenvalue weighted by molar-refractivity contribution is 8.76. The highest BCUT2D eigenvalue weighted by atomic mass is 33.1. The molecule has 0 aliphatic carbocycles. The Balaban J connectivity index is 1.31. The molecule has 1 fully saturated rings. The maximum Gasteiger partial charge on any atom is 0.246 e. The molecule has 4 unspecified atom stereocenters. The fourth-order valence-electron chi connectivity index (χ4n) is 10.4. The smallest absolute Gasteiger partial charge is 0.246 e. The Morgan fingerprint density at radius 1 is 0.744 bits per heavy atom. The Bertz CT molecular complexity index is 3330. The normalized spacial score (nSPS) is 20.5. The van der Waals surface area contributed by atoms with Crippen molar-refractivity contribution < 1.29 is 42.7 Å². The van der Waals surface area contributed by atoms with Crippen LogP contribution in [0.1, 0.15) is 82.6 Å². The summed E-state index contributed by atoms with van der Waals surface area (Å²) in [5, 5.41) is 19.8. The van der Waals surface area contributed by atoms with E-state index in [1.54, 1.807) is 45.3 Å². The summed E-state index contributed by atoms with van der Waals surface area (Å²) < 4.78 is 13.9. The molecule has 23 heteroatoms. The number of nitrogens with zero attached hydrogens (tertiary/aromatic N) is 2. The highest BCUT2D eigenvalue weighted by Gasteiger charge is 2.43. The number of benzene rings is 4. The number of carbonyl (C=O) groups is 8. The van der Waals surface area contributed by atoms with Crippen molar-refractivity contribution in [2.75, 3.05) is 18.1 Å². The number of primary amides is 1. The SMILES string of the molecule is CC(C)CC1C(=O)NC(C(=O)N[C@@H](Cc2ccc3ccccc3c2)C(N)=O)CSSCC(NC(=O)[C@@H](N)Cc2ccc(F)cc2)C(=O)N[C@@H](Cc2cccnc2)C(=O)NC(Cc2c[nH]c3ccccc23)C(=O)N[C@@H](CCCCN)C(=O)N1C(C)(C)C. The number of hydrogen-bond donors (Lipinski definition) is 10. The fourth-order valence-corrected chi connectivity index (χ4v) is 12.7. The molecule has 1 saturated heterocycles. The van der Waals surface area contributed by atoms with Crippen LogP contribution in [0.3, 0.4) is 0 Å². The predicted molar refractivity (Wildman–Crippen MR) is 334 cm³/mol. The second-order valence-electron chi connectivity index (χ2n) is 23.1. The zero-order valence-electron chi connectivity index (χ0n) is 49.1. The zero-order chi connectivity index (χ0) is 62.1. The number of unbranched alkanes of at least 4 members (excludes halogenated alkanes) is 1. The summed E-state index contributed by atoms with van der Waals surface area (Å²) in [7, 11) is 2.12. The summed E-state index contributed by atoms with van der Waals surface area (Å²) >= 11 is 0. The monoisotopic (exact) mass is 1210 g/mol. The molecule has 4 aromatic carbocycles. The van der Waals surface area contributed by atoms with Crippen molar-refractivity contribution in [2.24, 2.45) is 23.1 Å². The molecule has 86 heavy (non-hydrogen) atoms. The molecule has 7 rings (SSSR count). The lowest BCUT2D eigenvalue weighted by atomic mass is 9.93. The second-order valence-corrected chi connectivity index (χ2v) is 25.7. The van der Waals surface area contributed by atoms with Crippen LogP contribution in [0.2, 0.25) is 0 Å². The third kappa shape index (κ3) is 18.6. The van der Waals surface area contributed by atoms with Crippen LogP contribution in [0.5, 0.6) is 0 Å². The van der Waals surface area contributed by atoms with Crippen LogP contribution in [0.15, 0.2) is 122 Å². The average molecular weight is 1220 g/mol. The molecule has 6 aromatic rings. The first-order chi connectivity index (χ1) is 41.1. The van der Waals surface area contributed by atoms with Gasteiger partial charge in [0.2, 0.25) is 47.3 Å². The summed E-state index contributed by atoms with van der Waals surface area (Å²) in [6.45, 7) is 9.36. The van der Waals surface area contributed by atoms with Gasteiger partial charge in [-0.3, -0.25) is 43.3 Å². The first-order valence-electron chi connectivity index (χ1n) is 28.9. The summed E-state index contributed by atoms with van der Waals surface area (Å²) in [5.74, 6) is -7.07. The molecule has 13 N–H and O–H groups in total. The molecule has 3 heterocycles. The Morgan fingerprint density at radius 3 is 2.09 bits per heavy atom. The minimum absolute atomic E-state index is 0.0102. The van der Waals surface area contributed by atoms with E-state index in [4.69, 9.17) is 17.2 Å². The minimum atomic E-state index is -1.40. The number of hydrogen-bond acceptors (Lipinski definition) is 13. The molecule has 8 amide bonds. The number of H-pyrrole nitrogens is 1. The van der Waals surface area contributed by atoms with Crippen LogP contribution in [0.25, 0.3) is 21.7 Å². The number of halogens is 1. The van der Waals surface area contributed by atoms with Crippen molar-refractivity contribution in [1.82, 2.24) is 46.8 Å². The molecular weight excluding hydrogens is 1140 g/mol. The summed E-state index contributed by atoms with van der Waals surface area (Å²) in [6.07, 6.45) is 5.65. The minimum Gasteiger partial charge on any atom is -0.368 e. The van der Waals surface area contributed by atoms with Gasteiger partial charge in [-0.05, 0) is 123 Å². The standard InChI is InChI=1S/C63H79FN12O8S2/c1-37(2)27-54-61(83)75-53(59(81)71-49(55(67)77)30-39-19-22-41-14-6-7-15-42(41)28-39)36-86-85-35-52(74-56(78)46(66)29-38-20-23-44(64)24-21-38)60(82)72-50(31-40-13-12-26-68-33-40)57(79)73-51(32-43-34-69-47-17-9-8-16-45(43)47)58(80)70-48(18-10-11-25-65)62(84)76(54)63(3,4)5/h6-9,12-17,19-24,26,28,33-34,37,46,48-54,69H,10-11,18,25,27,29-32,35-36,65-66H2,1-5H3,(H2,67,77)(H,70,80)(H,71,81)(H,72,82)(H,73,79)(H,74,78)(H,75,83)/t46-,48-,49-,50-,51?,52?,53?,54?/m0/s1. The summed E-state index contributed by atoms with van der Waals surface area (Å²) in [6, 6.07) is 19.0. The topological polar surface area (TPSA) is 319 Å². The summed E-state index contributed by atoms with van der Waals surface area (Å²) in [4.78, 5) is 127. The van der Waals surface area contributed by atoms with Gasteiger partial charge >= 0.3 is 0 Å². The lowest BCUT2D eigenvalue weighted by molar-refractivity contribution is -0.150. The van der Waals surface area contributed by atoms with E-state index >= 15 is 19.2 Å². The number of nitrogens with one attached hydrogen (secondary N) is 7. The highest BCUT2D eigenvalue weighted by Crippen LogP contribution is 2.28. The van der Waals surface area contributed by atoms with Gasteiger partial charge in [-0.15, -0.1) is 0 Å². The second kappa shape index (κ2) is 31.0. The number of rotatable bonds is 19. The maximum atomic E-state index is 15.6. The van der Waals surface area contributed by atoms with E-state index in [2.05, 4.69) is 41.9 Å². The van der Waals surface area contributed by atoms with Gasteiger partial charge in [0.25, 0.3) is 0 Å². The third-order valence-electron chi connectivity index (χ3n) is 14.8. The molecule has 0 saturated carbocycles. The van der Waals surface area contributed by atoms with Crippen LogP contribution in [0.4, 0.5) is 4.39 Å². The van der Waals surface area contributed by atoms with Crippen LogP contribution in [-0.2, 0) is 64.0 Å². The van der Waals surface area contributed by atoms with E-state index in [9.17, 15) is 23.6 Å². The number of fused-ring (bicyclic) bond motifs is 2. The Labute approximate surface area is 508 Å². The molecule has 0 spiro atoms. The van der Waals surface area contributed by atoms with Crippen LogP contribution >= 0.6 is 21.6 Å². The van der Waals surface area contributed by atoms with Crippen LogP contribution in [0, 0.1) is 11.7 Å². The Hall–Kier alpha value is -7.86. The van der Waals surface area contributed by atoms with Crippen molar-refractivity contribution >= 4 is 90.5 Å². The van der Waals surface area contributed by atoms with E-state index < -0.39 is 107 Å². The molecule has 20 nitrogen and oxygen atoms in total. The Kier molecular flexibility index (Phi) is 23.7. The van der Waals surface area contributed by atoms with Crippen LogP contribution < -0.4 is 49.1 Å². The van der Waals surface area contributed by atoms with Crippen molar-refractivity contribution in [1.29, 1.82) is 0 Å². The van der Waals surface area contributed by atoms with Crippen molar-refractivity contribution in [2.45, 2.75) is 140 Å². The van der Waals surface area contributed by atoms with Gasteiger partial charge < -0.3 is 59.0 Å². The summed E-state index contributed by atoms with van der Waals surface area (Å²) in [5.41, 5.74) is 20.5. The van der Waals surface area contributed by atoms with E-state index in [-0.39, 0.29) is 62.5 Å². The van der Waals surface area contributed by atoms with Gasteiger partial charge in [0, 0.05) is 65.8 Å². The van der Waals surface area contributed by atoms with E-state index in [1.165, 1.54) is 35.4 Å².